The fourth-order valence-corrected chi connectivity index (χ4v) is 1.99. The molecule has 1 aromatic heterocycles. The molecule has 0 amide bonds. The number of halogens is 2. The maximum absolute atomic E-state index is 11.0. The first-order valence-electron chi connectivity index (χ1n) is 5.17. The van der Waals surface area contributed by atoms with E-state index >= 15 is 0 Å². The molecule has 0 aliphatic carbocycles. The van der Waals surface area contributed by atoms with Crippen molar-refractivity contribution in [2.45, 2.75) is 6.92 Å². The molecule has 1 heterocycles. The summed E-state index contributed by atoms with van der Waals surface area (Å²) >= 11 is 11.7. The van der Waals surface area contributed by atoms with Gasteiger partial charge >= 0.3 is 5.69 Å². The molecule has 0 spiro atoms. The van der Waals surface area contributed by atoms with Gasteiger partial charge in [-0.15, -0.1) is 0 Å². The van der Waals surface area contributed by atoms with Crippen molar-refractivity contribution in [3.63, 3.8) is 0 Å². The van der Waals surface area contributed by atoms with E-state index in [1.165, 1.54) is 0 Å². The zero-order valence-corrected chi connectivity index (χ0v) is 11.2. The van der Waals surface area contributed by atoms with E-state index in [4.69, 9.17) is 23.2 Å². The minimum atomic E-state index is -0.642. The zero-order valence-electron chi connectivity index (χ0n) is 9.72. The largest absolute Gasteiger partial charge is 0.348 e. The summed E-state index contributed by atoms with van der Waals surface area (Å²) in [7, 11) is 0. The summed E-state index contributed by atoms with van der Waals surface area (Å²) in [6.45, 7) is 1.82. The second-order valence-corrected chi connectivity index (χ2v) is 4.44. The molecule has 0 aliphatic rings. The molecule has 0 aliphatic heterocycles. The average molecular weight is 299 g/mol. The maximum Gasteiger partial charge on any atom is 0.348 e. The number of nitrogens with zero attached hydrogens (tertiary/aromatic N) is 3. The monoisotopic (exact) mass is 298 g/mol. The molecule has 0 bridgehead atoms. The van der Waals surface area contributed by atoms with E-state index in [1.54, 1.807) is 12.1 Å². The summed E-state index contributed by atoms with van der Waals surface area (Å²) in [5.41, 5.74) is 0.988. The summed E-state index contributed by atoms with van der Waals surface area (Å²) in [5, 5.41) is 14.0. The van der Waals surface area contributed by atoms with Crippen LogP contribution in [0.3, 0.4) is 0 Å². The highest BCUT2D eigenvalue weighted by Crippen LogP contribution is 2.34. The quantitative estimate of drug-likeness (QED) is 0.530. The molecule has 98 valence electrons. The van der Waals surface area contributed by atoms with Crippen LogP contribution in [0.2, 0.25) is 10.2 Å². The number of rotatable bonds is 3. The number of nitro groups is 1. The Morgan fingerprint density at radius 3 is 2.68 bits per heavy atom. The Balaban J connectivity index is 2.50. The molecule has 0 saturated carbocycles. The molecule has 0 fully saturated rings. The Bertz CT molecular complexity index is 628. The Hall–Kier alpha value is -1.92. The summed E-state index contributed by atoms with van der Waals surface area (Å²) in [4.78, 5) is 17.7. The molecule has 19 heavy (non-hydrogen) atoms. The smallest absolute Gasteiger partial charge is 0.333 e. The van der Waals surface area contributed by atoms with Crippen molar-refractivity contribution >= 4 is 40.4 Å². The molecule has 0 unspecified atom stereocenters. The highest BCUT2D eigenvalue weighted by Gasteiger charge is 2.22. The van der Waals surface area contributed by atoms with E-state index < -0.39 is 4.92 Å². The highest BCUT2D eigenvalue weighted by atomic mass is 35.5. The standard InChI is InChI=1S/C11H8Cl2N4O2/c1-6-3-2-4-7(12)8(6)16-11-9(17(18)19)10(13)14-5-15-11/h2-5H,1H3,(H,14,15,16). The van der Waals surface area contributed by atoms with Crippen molar-refractivity contribution in [3.05, 3.63) is 50.4 Å². The Morgan fingerprint density at radius 1 is 1.32 bits per heavy atom. The van der Waals surface area contributed by atoms with Crippen LogP contribution in [0.4, 0.5) is 17.2 Å². The predicted octanol–water partition coefficient (Wildman–Crippen LogP) is 3.74. The zero-order chi connectivity index (χ0) is 14.0. The van der Waals surface area contributed by atoms with Gasteiger partial charge in [-0.3, -0.25) is 10.1 Å². The highest BCUT2D eigenvalue weighted by molar-refractivity contribution is 6.33. The SMILES string of the molecule is Cc1cccc(Cl)c1Nc1ncnc(Cl)c1[N+](=O)[O-]. The van der Waals surface area contributed by atoms with E-state index in [0.717, 1.165) is 11.9 Å². The van der Waals surface area contributed by atoms with Gasteiger partial charge in [0, 0.05) is 0 Å². The lowest BCUT2D eigenvalue weighted by Crippen LogP contribution is -2.03. The minimum Gasteiger partial charge on any atom is -0.333 e. The molecule has 8 heteroatoms. The van der Waals surface area contributed by atoms with Gasteiger partial charge in [0.15, 0.2) is 0 Å². The van der Waals surface area contributed by atoms with Gasteiger partial charge in [-0.25, -0.2) is 9.97 Å². The van der Waals surface area contributed by atoms with Gasteiger partial charge in [0.05, 0.1) is 15.6 Å². The Labute approximate surface area is 118 Å². The third-order valence-electron chi connectivity index (χ3n) is 2.43. The summed E-state index contributed by atoms with van der Waals surface area (Å²) in [6.07, 6.45) is 1.14. The van der Waals surface area contributed by atoms with E-state index in [-0.39, 0.29) is 16.7 Å². The normalized spacial score (nSPS) is 10.3. The van der Waals surface area contributed by atoms with Gasteiger partial charge < -0.3 is 5.32 Å². The van der Waals surface area contributed by atoms with Crippen molar-refractivity contribution in [1.29, 1.82) is 0 Å². The van der Waals surface area contributed by atoms with Crippen LogP contribution in [-0.4, -0.2) is 14.9 Å². The lowest BCUT2D eigenvalue weighted by Gasteiger charge is -2.10. The van der Waals surface area contributed by atoms with Crippen molar-refractivity contribution in [2.75, 3.05) is 5.32 Å². The lowest BCUT2D eigenvalue weighted by atomic mass is 10.2. The molecule has 0 atom stereocenters. The second kappa shape index (κ2) is 5.38. The van der Waals surface area contributed by atoms with Crippen molar-refractivity contribution < 1.29 is 4.92 Å². The number of hydrogen-bond donors (Lipinski definition) is 1. The molecule has 2 aromatic rings. The Morgan fingerprint density at radius 2 is 2.05 bits per heavy atom. The van der Waals surface area contributed by atoms with Gasteiger partial charge in [-0.05, 0) is 18.6 Å². The molecule has 0 saturated heterocycles. The fraction of sp³-hybridized carbons (Fsp3) is 0.0909. The van der Waals surface area contributed by atoms with E-state index in [2.05, 4.69) is 15.3 Å². The van der Waals surface area contributed by atoms with Crippen LogP contribution in [0.1, 0.15) is 5.56 Å². The topological polar surface area (TPSA) is 81.0 Å². The van der Waals surface area contributed by atoms with E-state index in [1.807, 2.05) is 13.0 Å². The molecule has 1 N–H and O–H groups in total. The summed E-state index contributed by atoms with van der Waals surface area (Å²) in [5.74, 6) is 0.00111. The van der Waals surface area contributed by atoms with Gasteiger partial charge in [0.1, 0.15) is 6.33 Å². The van der Waals surface area contributed by atoms with E-state index in [9.17, 15) is 10.1 Å². The first kappa shape index (κ1) is 13.5. The van der Waals surface area contributed by atoms with Crippen LogP contribution in [0.25, 0.3) is 0 Å². The minimum absolute atomic E-state index is 0.00111. The van der Waals surface area contributed by atoms with Gasteiger partial charge in [0.2, 0.25) is 11.0 Å². The molecule has 0 radical (unpaired) electrons. The fourth-order valence-electron chi connectivity index (χ4n) is 1.52. The number of para-hydroxylation sites is 1. The van der Waals surface area contributed by atoms with Gasteiger partial charge in [-0.2, -0.15) is 0 Å². The molecular weight excluding hydrogens is 291 g/mol. The number of benzene rings is 1. The molecular formula is C11H8Cl2N4O2. The van der Waals surface area contributed by atoms with Crippen molar-refractivity contribution in [3.8, 4) is 0 Å². The van der Waals surface area contributed by atoms with Crippen LogP contribution in [0.5, 0.6) is 0 Å². The summed E-state index contributed by atoms with van der Waals surface area (Å²) < 4.78 is 0. The molecule has 6 nitrogen and oxygen atoms in total. The molecule has 1 aromatic carbocycles. The lowest BCUT2D eigenvalue weighted by molar-refractivity contribution is -0.384. The maximum atomic E-state index is 11.0. The number of hydrogen-bond acceptors (Lipinski definition) is 5. The number of anilines is 2. The van der Waals surface area contributed by atoms with Crippen LogP contribution in [0.15, 0.2) is 24.5 Å². The number of aromatic nitrogens is 2. The van der Waals surface area contributed by atoms with Crippen LogP contribution < -0.4 is 5.32 Å². The van der Waals surface area contributed by atoms with Gasteiger partial charge in [-0.1, -0.05) is 35.3 Å². The first-order chi connectivity index (χ1) is 9.00. The van der Waals surface area contributed by atoms with Crippen molar-refractivity contribution in [2.24, 2.45) is 0 Å². The predicted molar refractivity (Wildman–Crippen MR) is 73.2 cm³/mol. The number of aryl methyl sites for hydroxylation is 1. The average Bonchev–Trinajstić information content (AvgIpc) is 2.33. The number of nitrogens with one attached hydrogen (secondary N) is 1. The van der Waals surface area contributed by atoms with Crippen LogP contribution in [0, 0.1) is 17.0 Å². The van der Waals surface area contributed by atoms with E-state index in [0.29, 0.717) is 10.7 Å². The second-order valence-electron chi connectivity index (χ2n) is 3.68. The Kier molecular flexibility index (Phi) is 3.82. The summed E-state index contributed by atoms with van der Waals surface area (Å²) in [6, 6.07) is 5.28. The molecule has 2 rings (SSSR count). The third-order valence-corrected chi connectivity index (χ3v) is 3.02. The third kappa shape index (κ3) is 2.74. The van der Waals surface area contributed by atoms with Crippen LogP contribution in [-0.2, 0) is 0 Å². The van der Waals surface area contributed by atoms with Crippen LogP contribution >= 0.6 is 23.2 Å². The van der Waals surface area contributed by atoms with Gasteiger partial charge in [0.25, 0.3) is 0 Å². The van der Waals surface area contributed by atoms with Crippen molar-refractivity contribution in [1.82, 2.24) is 9.97 Å². The first-order valence-corrected chi connectivity index (χ1v) is 5.93.